The van der Waals surface area contributed by atoms with Gasteiger partial charge in [-0.25, -0.2) is 4.68 Å². The van der Waals surface area contributed by atoms with Crippen LogP contribution in [-0.2, 0) is 0 Å². The van der Waals surface area contributed by atoms with E-state index in [9.17, 15) is 14.9 Å². The molecule has 4 aromatic rings. The predicted octanol–water partition coefficient (Wildman–Crippen LogP) is 4.94. The van der Waals surface area contributed by atoms with Crippen LogP contribution >= 0.6 is 0 Å². The number of carbonyl (C=O) groups excluding carboxylic acids is 1. The number of non-ortho nitro benzene ring substituents is 1. The van der Waals surface area contributed by atoms with Crippen molar-refractivity contribution in [3.63, 3.8) is 0 Å². The summed E-state index contributed by atoms with van der Waals surface area (Å²) in [6.07, 6.45) is 4.25. The third-order valence-electron chi connectivity index (χ3n) is 7.05. The molecule has 210 valence electrons. The van der Waals surface area contributed by atoms with Gasteiger partial charge in [0.1, 0.15) is 17.2 Å². The Morgan fingerprint density at radius 3 is 2.34 bits per heavy atom. The van der Waals surface area contributed by atoms with E-state index in [1.54, 1.807) is 49.2 Å². The minimum absolute atomic E-state index is 0.0386. The lowest BCUT2D eigenvalue weighted by Crippen LogP contribution is -2.49. The van der Waals surface area contributed by atoms with E-state index in [4.69, 9.17) is 14.6 Å². The molecule has 0 unspecified atom stereocenters. The first kappa shape index (κ1) is 27.6. The SMILES string of the molecule is COc1ccc(-c2cc(C(=O)N3CCN(CC=Cc4ccccc4)CC3)n(-c3ccc([N+](=O)[O-])cc3)n2)c(OC)c1. The molecular weight excluding hydrogens is 522 g/mol. The maximum absolute atomic E-state index is 13.8. The van der Waals surface area contributed by atoms with Gasteiger partial charge in [-0.15, -0.1) is 0 Å². The van der Waals surface area contributed by atoms with Crippen molar-refractivity contribution in [2.24, 2.45) is 0 Å². The molecule has 1 aromatic heterocycles. The van der Waals surface area contributed by atoms with Gasteiger partial charge in [0, 0.05) is 56.5 Å². The molecule has 41 heavy (non-hydrogen) atoms. The molecule has 1 aliphatic rings. The number of nitro groups is 1. The zero-order chi connectivity index (χ0) is 28.8. The van der Waals surface area contributed by atoms with Gasteiger partial charge in [-0.2, -0.15) is 5.10 Å². The molecule has 10 nitrogen and oxygen atoms in total. The molecule has 1 aliphatic heterocycles. The number of nitro benzene ring substituents is 1. The van der Waals surface area contributed by atoms with Crippen LogP contribution < -0.4 is 9.47 Å². The number of hydrogen-bond donors (Lipinski definition) is 0. The second kappa shape index (κ2) is 12.5. The highest BCUT2D eigenvalue weighted by Crippen LogP contribution is 2.34. The van der Waals surface area contributed by atoms with Gasteiger partial charge in [0.05, 0.1) is 30.5 Å². The van der Waals surface area contributed by atoms with Crippen molar-refractivity contribution in [2.75, 3.05) is 46.9 Å². The zero-order valence-electron chi connectivity index (χ0n) is 23.0. The van der Waals surface area contributed by atoms with Gasteiger partial charge < -0.3 is 14.4 Å². The first-order chi connectivity index (χ1) is 20.0. The Hall–Kier alpha value is -4.96. The summed E-state index contributed by atoms with van der Waals surface area (Å²) in [6, 6.07) is 23.3. The molecule has 2 heterocycles. The summed E-state index contributed by atoms with van der Waals surface area (Å²) in [5, 5.41) is 15.9. The van der Waals surface area contributed by atoms with Gasteiger partial charge in [-0.05, 0) is 35.9 Å². The summed E-state index contributed by atoms with van der Waals surface area (Å²) in [4.78, 5) is 28.7. The second-order valence-electron chi connectivity index (χ2n) is 9.57. The van der Waals surface area contributed by atoms with Crippen molar-refractivity contribution in [1.29, 1.82) is 0 Å². The molecule has 1 amide bonds. The highest BCUT2D eigenvalue weighted by Gasteiger charge is 2.27. The number of nitrogens with zero attached hydrogens (tertiary/aromatic N) is 5. The van der Waals surface area contributed by atoms with E-state index in [-0.39, 0.29) is 11.6 Å². The number of hydrogen-bond acceptors (Lipinski definition) is 7. The Kier molecular flexibility index (Phi) is 8.40. The van der Waals surface area contributed by atoms with E-state index < -0.39 is 4.92 Å². The first-order valence-electron chi connectivity index (χ1n) is 13.3. The predicted molar refractivity (Wildman–Crippen MR) is 157 cm³/mol. The fourth-order valence-electron chi connectivity index (χ4n) is 4.79. The molecule has 0 aliphatic carbocycles. The van der Waals surface area contributed by atoms with Gasteiger partial charge in [-0.3, -0.25) is 19.8 Å². The molecule has 0 atom stereocenters. The van der Waals surface area contributed by atoms with Crippen LogP contribution in [0.15, 0.2) is 84.9 Å². The van der Waals surface area contributed by atoms with Crippen molar-refractivity contribution in [1.82, 2.24) is 19.6 Å². The van der Waals surface area contributed by atoms with Gasteiger partial charge in [-0.1, -0.05) is 42.5 Å². The van der Waals surface area contributed by atoms with Crippen LogP contribution in [0.4, 0.5) is 5.69 Å². The lowest BCUT2D eigenvalue weighted by Gasteiger charge is -2.34. The molecule has 0 N–H and O–H groups in total. The topological polar surface area (TPSA) is 103 Å². The number of methoxy groups -OCH3 is 2. The van der Waals surface area contributed by atoms with E-state index in [0.29, 0.717) is 47.2 Å². The molecule has 1 fully saturated rings. The highest BCUT2D eigenvalue weighted by atomic mass is 16.6. The lowest BCUT2D eigenvalue weighted by molar-refractivity contribution is -0.384. The Balaban J connectivity index is 1.39. The number of aromatic nitrogens is 2. The van der Waals surface area contributed by atoms with Gasteiger partial charge in [0.15, 0.2) is 0 Å². The molecular formula is C31H31N5O5. The highest BCUT2D eigenvalue weighted by molar-refractivity contribution is 5.94. The summed E-state index contributed by atoms with van der Waals surface area (Å²) < 4.78 is 12.4. The minimum Gasteiger partial charge on any atom is -0.497 e. The Bertz CT molecular complexity index is 1540. The van der Waals surface area contributed by atoms with E-state index in [1.807, 2.05) is 29.2 Å². The van der Waals surface area contributed by atoms with Crippen LogP contribution in [0.2, 0.25) is 0 Å². The van der Waals surface area contributed by atoms with E-state index in [1.165, 1.54) is 12.1 Å². The molecule has 0 spiro atoms. The Morgan fingerprint density at radius 2 is 1.68 bits per heavy atom. The molecule has 0 saturated carbocycles. The van der Waals surface area contributed by atoms with Crippen LogP contribution in [0.1, 0.15) is 16.1 Å². The van der Waals surface area contributed by atoms with Crippen LogP contribution in [0, 0.1) is 10.1 Å². The largest absolute Gasteiger partial charge is 0.497 e. The number of piperazine rings is 1. The molecule has 1 saturated heterocycles. The quantitative estimate of drug-likeness (QED) is 0.214. The summed E-state index contributed by atoms with van der Waals surface area (Å²) in [5.74, 6) is 1.02. The van der Waals surface area contributed by atoms with Gasteiger partial charge in [0.2, 0.25) is 0 Å². The van der Waals surface area contributed by atoms with E-state index in [2.05, 4.69) is 29.2 Å². The third kappa shape index (κ3) is 6.28. The first-order valence-corrected chi connectivity index (χ1v) is 13.3. The summed E-state index contributed by atoms with van der Waals surface area (Å²) >= 11 is 0. The molecule has 10 heteroatoms. The van der Waals surface area contributed by atoms with Gasteiger partial charge >= 0.3 is 0 Å². The Labute approximate surface area is 238 Å². The van der Waals surface area contributed by atoms with Crippen molar-refractivity contribution in [3.8, 4) is 28.4 Å². The average molecular weight is 554 g/mol. The number of amides is 1. The maximum atomic E-state index is 13.8. The summed E-state index contributed by atoms with van der Waals surface area (Å²) in [5.41, 5.74) is 3.26. The second-order valence-corrected chi connectivity index (χ2v) is 9.57. The molecule has 5 rings (SSSR count). The third-order valence-corrected chi connectivity index (χ3v) is 7.05. The standard InChI is InChI=1S/C31H31N5O5/c1-40-26-14-15-27(30(21-26)41-2)28-22-29(35(32-28)24-10-12-25(13-11-24)36(38)39)31(37)34-19-17-33(18-20-34)16-6-9-23-7-4-3-5-8-23/h3-15,21-22H,16-20H2,1-2H3. The van der Waals surface area contributed by atoms with Crippen molar-refractivity contribution in [2.45, 2.75) is 0 Å². The normalized spacial score (nSPS) is 13.9. The van der Waals surface area contributed by atoms with Crippen LogP contribution in [-0.4, -0.2) is 77.4 Å². The van der Waals surface area contributed by atoms with Crippen molar-refractivity contribution < 1.29 is 19.2 Å². The Morgan fingerprint density at radius 1 is 0.951 bits per heavy atom. The van der Waals surface area contributed by atoms with Crippen molar-refractivity contribution >= 4 is 17.7 Å². The van der Waals surface area contributed by atoms with E-state index in [0.717, 1.165) is 25.2 Å². The zero-order valence-corrected chi connectivity index (χ0v) is 23.0. The van der Waals surface area contributed by atoms with Crippen molar-refractivity contribution in [3.05, 3.63) is 106 Å². The van der Waals surface area contributed by atoms with Crippen LogP contribution in [0.3, 0.4) is 0 Å². The molecule has 0 bridgehead atoms. The van der Waals surface area contributed by atoms with Gasteiger partial charge in [0.25, 0.3) is 11.6 Å². The number of benzene rings is 3. The fourth-order valence-corrected chi connectivity index (χ4v) is 4.79. The molecule has 3 aromatic carbocycles. The maximum Gasteiger partial charge on any atom is 0.272 e. The lowest BCUT2D eigenvalue weighted by atomic mass is 10.1. The van der Waals surface area contributed by atoms with Crippen LogP contribution in [0.25, 0.3) is 23.0 Å². The van der Waals surface area contributed by atoms with E-state index >= 15 is 0 Å². The number of ether oxygens (including phenoxy) is 2. The smallest absolute Gasteiger partial charge is 0.272 e. The summed E-state index contributed by atoms with van der Waals surface area (Å²) in [6.45, 7) is 3.44. The number of rotatable bonds is 9. The minimum atomic E-state index is -0.457. The van der Waals surface area contributed by atoms with Crippen LogP contribution in [0.5, 0.6) is 11.5 Å². The number of carbonyl (C=O) groups is 1. The molecule has 0 radical (unpaired) electrons. The summed E-state index contributed by atoms with van der Waals surface area (Å²) in [7, 11) is 3.14. The average Bonchev–Trinajstić information content (AvgIpc) is 3.46. The monoisotopic (exact) mass is 553 g/mol. The fraction of sp³-hybridized carbons (Fsp3) is 0.226.